The Morgan fingerprint density at radius 2 is 1.78 bits per heavy atom. The van der Waals surface area contributed by atoms with E-state index in [1.54, 1.807) is 13.8 Å². The molecule has 1 atom stereocenters. The highest BCUT2D eigenvalue weighted by molar-refractivity contribution is 7.93. The fourth-order valence-corrected chi connectivity index (χ4v) is 3.85. The number of nitrogens with zero attached hydrogens (tertiary/aromatic N) is 1. The number of rotatable bonds is 7. The Labute approximate surface area is 107 Å². The van der Waals surface area contributed by atoms with Gasteiger partial charge in [0.25, 0.3) is 0 Å². The van der Waals surface area contributed by atoms with Gasteiger partial charge in [-0.05, 0) is 32.6 Å². The van der Waals surface area contributed by atoms with Crippen molar-refractivity contribution < 1.29 is 23.1 Å². The quantitative estimate of drug-likeness (QED) is 0.714. The Morgan fingerprint density at radius 3 is 2.11 bits per heavy atom. The van der Waals surface area contributed by atoms with Gasteiger partial charge >= 0.3 is 5.97 Å². The number of carboxylic acid groups (broad SMARTS) is 1. The highest BCUT2D eigenvalue weighted by atomic mass is 32.2. The maximum atomic E-state index is 12.0. The first-order valence-corrected chi connectivity index (χ1v) is 7.77. The molecule has 0 aromatic rings. The van der Waals surface area contributed by atoms with E-state index in [0.717, 1.165) is 0 Å². The summed E-state index contributed by atoms with van der Waals surface area (Å²) in [5, 5.41) is 7.56. The summed E-state index contributed by atoms with van der Waals surface area (Å²) in [5.74, 6) is -2.89. The van der Waals surface area contributed by atoms with Gasteiger partial charge in [-0.3, -0.25) is 9.59 Å². The first kappa shape index (κ1) is 14.9. The highest BCUT2D eigenvalue weighted by Gasteiger charge is 2.46. The maximum absolute atomic E-state index is 12.0. The van der Waals surface area contributed by atoms with Crippen molar-refractivity contribution in [2.24, 2.45) is 5.92 Å². The SMILES string of the molecule is CCN(CC)C(=O)CS(=O)(=O)C(C(=O)O)C1CC1. The van der Waals surface area contributed by atoms with Crippen LogP contribution in [0.15, 0.2) is 0 Å². The minimum atomic E-state index is -3.91. The fraction of sp³-hybridized carbons (Fsp3) is 0.818. The molecule has 0 saturated heterocycles. The molecule has 0 spiro atoms. The number of carbonyl (C=O) groups is 2. The molecule has 0 aromatic carbocycles. The molecule has 7 heteroatoms. The number of carbonyl (C=O) groups excluding carboxylic acids is 1. The Morgan fingerprint density at radius 1 is 1.28 bits per heavy atom. The number of aliphatic carboxylic acids is 1. The van der Waals surface area contributed by atoms with E-state index in [4.69, 9.17) is 5.11 Å². The average molecular weight is 277 g/mol. The zero-order chi connectivity index (χ0) is 13.9. The van der Waals surface area contributed by atoms with Gasteiger partial charge in [0.15, 0.2) is 15.1 Å². The van der Waals surface area contributed by atoms with Gasteiger partial charge in [-0.2, -0.15) is 0 Å². The summed E-state index contributed by atoms with van der Waals surface area (Å²) in [7, 11) is -3.91. The van der Waals surface area contributed by atoms with Gasteiger partial charge in [0.1, 0.15) is 5.75 Å². The van der Waals surface area contributed by atoms with E-state index in [0.29, 0.717) is 25.9 Å². The van der Waals surface area contributed by atoms with Crippen molar-refractivity contribution >= 4 is 21.7 Å². The normalized spacial score (nSPS) is 17.2. The molecule has 0 aromatic heterocycles. The second-order valence-corrected chi connectivity index (χ2v) is 6.59. The molecule has 0 aliphatic heterocycles. The van der Waals surface area contributed by atoms with Gasteiger partial charge in [0.2, 0.25) is 5.91 Å². The minimum absolute atomic E-state index is 0.322. The molecule has 6 nitrogen and oxygen atoms in total. The maximum Gasteiger partial charge on any atom is 0.322 e. The van der Waals surface area contributed by atoms with Gasteiger partial charge < -0.3 is 10.0 Å². The summed E-state index contributed by atoms with van der Waals surface area (Å²) in [5.41, 5.74) is 0. The van der Waals surface area contributed by atoms with Crippen LogP contribution in [0.4, 0.5) is 0 Å². The van der Waals surface area contributed by atoms with Crippen LogP contribution in [0.3, 0.4) is 0 Å². The van der Waals surface area contributed by atoms with E-state index in [9.17, 15) is 18.0 Å². The lowest BCUT2D eigenvalue weighted by Crippen LogP contribution is -2.41. The molecular weight excluding hydrogens is 258 g/mol. The van der Waals surface area contributed by atoms with Gasteiger partial charge in [0.05, 0.1) is 0 Å². The smallest absolute Gasteiger partial charge is 0.322 e. The molecule has 1 aliphatic carbocycles. The summed E-state index contributed by atoms with van der Waals surface area (Å²) >= 11 is 0. The molecular formula is C11H19NO5S. The third kappa shape index (κ3) is 3.44. The predicted octanol–water partition coefficient (Wildman–Crippen LogP) is 0.133. The average Bonchev–Trinajstić information content (AvgIpc) is 3.01. The van der Waals surface area contributed by atoms with Gasteiger partial charge in [-0.15, -0.1) is 0 Å². The Bertz CT molecular complexity index is 423. The summed E-state index contributed by atoms with van der Waals surface area (Å²) in [6.45, 7) is 4.35. The molecule has 1 N–H and O–H groups in total. The monoisotopic (exact) mass is 277 g/mol. The Hall–Kier alpha value is -1.11. The van der Waals surface area contributed by atoms with Crippen molar-refractivity contribution in [1.29, 1.82) is 0 Å². The summed E-state index contributed by atoms with van der Waals surface area (Å²) in [6, 6.07) is 0. The van der Waals surface area contributed by atoms with Crippen LogP contribution in [0.1, 0.15) is 26.7 Å². The zero-order valence-corrected chi connectivity index (χ0v) is 11.4. The molecule has 0 radical (unpaired) electrons. The standard InChI is InChI=1S/C11H19NO5S/c1-3-12(4-2)9(13)7-18(16,17)10(11(14)15)8-5-6-8/h8,10H,3-7H2,1-2H3,(H,14,15). The van der Waals surface area contributed by atoms with Gasteiger partial charge in [0, 0.05) is 13.1 Å². The first-order valence-electron chi connectivity index (χ1n) is 6.05. The minimum Gasteiger partial charge on any atom is -0.480 e. The number of sulfone groups is 1. The van der Waals surface area contributed by atoms with Gasteiger partial charge in [-0.25, -0.2) is 8.42 Å². The second-order valence-electron chi connectivity index (χ2n) is 4.47. The summed E-state index contributed by atoms with van der Waals surface area (Å²) in [4.78, 5) is 24.2. The van der Waals surface area contributed by atoms with E-state index in [2.05, 4.69) is 0 Å². The van der Waals surface area contributed by atoms with Crippen molar-refractivity contribution in [3.05, 3.63) is 0 Å². The van der Waals surface area contributed by atoms with E-state index >= 15 is 0 Å². The summed E-state index contributed by atoms with van der Waals surface area (Å²) < 4.78 is 23.9. The lowest BCUT2D eigenvalue weighted by Gasteiger charge is -2.20. The molecule has 1 fully saturated rings. The largest absolute Gasteiger partial charge is 0.480 e. The topological polar surface area (TPSA) is 91.8 Å². The van der Waals surface area contributed by atoms with E-state index in [-0.39, 0.29) is 5.92 Å². The number of hydrogen-bond acceptors (Lipinski definition) is 4. The number of hydrogen-bond donors (Lipinski definition) is 1. The highest BCUT2D eigenvalue weighted by Crippen LogP contribution is 2.36. The van der Waals surface area contributed by atoms with Crippen molar-refractivity contribution in [2.45, 2.75) is 31.9 Å². The molecule has 1 rings (SSSR count). The lowest BCUT2D eigenvalue weighted by molar-refractivity contribution is -0.136. The van der Waals surface area contributed by atoms with Crippen LogP contribution < -0.4 is 0 Å². The zero-order valence-electron chi connectivity index (χ0n) is 10.6. The van der Waals surface area contributed by atoms with Gasteiger partial charge in [-0.1, -0.05) is 0 Å². The molecule has 1 saturated carbocycles. The van der Waals surface area contributed by atoms with E-state index in [1.165, 1.54) is 4.90 Å². The molecule has 1 aliphatic rings. The van der Waals surface area contributed by atoms with E-state index in [1.807, 2.05) is 0 Å². The van der Waals surface area contributed by atoms with Crippen molar-refractivity contribution in [2.75, 3.05) is 18.8 Å². The van der Waals surface area contributed by atoms with Crippen LogP contribution in [0.25, 0.3) is 0 Å². The molecule has 0 bridgehead atoms. The van der Waals surface area contributed by atoms with Crippen LogP contribution >= 0.6 is 0 Å². The molecule has 18 heavy (non-hydrogen) atoms. The van der Waals surface area contributed by atoms with E-state index < -0.39 is 32.7 Å². The fourth-order valence-electron chi connectivity index (χ4n) is 1.98. The van der Waals surface area contributed by atoms with Crippen molar-refractivity contribution in [3.8, 4) is 0 Å². The third-order valence-corrected chi connectivity index (χ3v) is 5.13. The van der Waals surface area contributed by atoms with Crippen LogP contribution in [0.2, 0.25) is 0 Å². The molecule has 0 heterocycles. The number of carboxylic acids is 1. The lowest BCUT2D eigenvalue weighted by atomic mass is 10.3. The summed E-state index contributed by atoms with van der Waals surface area (Å²) in [6.07, 6.45) is 1.21. The Balaban J connectivity index is 2.80. The Kier molecular flexibility index (Phi) is 4.72. The molecule has 1 amide bonds. The van der Waals surface area contributed by atoms with Crippen LogP contribution in [-0.4, -0.2) is 54.4 Å². The van der Waals surface area contributed by atoms with Crippen molar-refractivity contribution in [3.63, 3.8) is 0 Å². The van der Waals surface area contributed by atoms with Crippen LogP contribution in [0, 0.1) is 5.92 Å². The molecule has 104 valence electrons. The second kappa shape index (κ2) is 5.69. The third-order valence-electron chi connectivity index (χ3n) is 3.12. The van der Waals surface area contributed by atoms with Crippen LogP contribution in [0.5, 0.6) is 0 Å². The van der Waals surface area contributed by atoms with Crippen LogP contribution in [-0.2, 0) is 19.4 Å². The van der Waals surface area contributed by atoms with Crippen molar-refractivity contribution in [1.82, 2.24) is 4.90 Å². The predicted molar refractivity (Wildman–Crippen MR) is 65.9 cm³/mol. The number of amides is 1. The first-order chi connectivity index (χ1) is 8.33. The molecule has 1 unspecified atom stereocenters.